The number of hydrogen-bond acceptors (Lipinski definition) is 4. The first-order valence-electron chi connectivity index (χ1n) is 7.46. The topological polar surface area (TPSA) is 115 Å². The number of aromatic nitrogens is 2. The van der Waals surface area contributed by atoms with Crippen molar-refractivity contribution in [3.05, 3.63) is 62.4 Å². The van der Waals surface area contributed by atoms with Gasteiger partial charge in [0.05, 0.1) is 0 Å². The van der Waals surface area contributed by atoms with Gasteiger partial charge in [-0.15, -0.1) is 0 Å². The van der Waals surface area contributed by atoms with E-state index in [1.54, 1.807) is 0 Å². The minimum absolute atomic E-state index is 0.0603. The van der Waals surface area contributed by atoms with Crippen LogP contribution in [-0.4, -0.2) is 27.0 Å². The molecule has 2 atom stereocenters. The highest BCUT2D eigenvalue weighted by atomic mass is 16.3. The second-order valence-electron chi connectivity index (χ2n) is 5.72. The average molecular weight is 315 g/mol. The molecule has 120 valence electrons. The van der Waals surface area contributed by atoms with Crippen molar-refractivity contribution in [3.8, 4) is 5.75 Å². The molecule has 1 fully saturated rings. The van der Waals surface area contributed by atoms with E-state index in [1.165, 1.54) is 5.56 Å². The molecule has 3 rings (SSSR count). The van der Waals surface area contributed by atoms with Gasteiger partial charge in [-0.2, -0.15) is 0 Å². The van der Waals surface area contributed by atoms with Gasteiger partial charge < -0.3 is 10.4 Å². The Kier molecular flexibility index (Phi) is 4.01. The zero-order chi connectivity index (χ0) is 16.4. The number of carbonyl (C=O) groups is 1. The number of hydrogen-bond donors (Lipinski definition) is 4. The molecular weight excluding hydrogens is 298 g/mol. The molecule has 1 aromatic heterocycles. The maximum atomic E-state index is 12.2. The van der Waals surface area contributed by atoms with Crippen molar-refractivity contribution < 1.29 is 9.90 Å². The predicted molar refractivity (Wildman–Crippen MR) is 83.6 cm³/mol. The maximum absolute atomic E-state index is 12.2. The number of aromatic amines is 2. The summed E-state index contributed by atoms with van der Waals surface area (Å²) in [5.41, 5.74) is -0.974. The quantitative estimate of drug-likeness (QED) is 0.671. The normalized spacial score (nSPS) is 20.3. The lowest BCUT2D eigenvalue weighted by Crippen LogP contribution is -2.36. The van der Waals surface area contributed by atoms with Crippen molar-refractivity contribution >= 4 is 5.91 Å². The van der Waals surface area contributed by atoms with Crippen LogP contribution in [0.2, 0.25) is 0 Å². The fourth-order valence-corrected chi connectivity index (χ4v) is 3.04. The summed E-state index contributed by atoms with van der Waals surface area (Å²) in [6.07, 6.45) is 2.54. The van der Waals surface area contributed by atoms with Crippen molar-refractivity contribution in [1.82, 2.24) is 15.3 Å². The van der Waals surface area contributed by atoms with Crippen LogP contribution in [0.15, 0.2) is 39.9 Å². The van der Waals surface area contributed by atoms with E-state index in [0.29, 0.717) is 5.92 Å². The van der Waals surface area contributed by atoms with Crippen molar-refractivity contribution in [2.45, 2.75) is 31.2 Å². The van der Waals surface area contributed by atoms with Gasteiger partial charge in [0.1, 0.15) is 0 Å². The van der Waals surface area contributed by atoms with Crippen LogP contribution in [-0.2, 0) is 0 Å². The SMILES string of the molecule is O=C(N[C@@H]1CC[C@H](c2ccccc2)C1)c1[nH]c(=O)[nH]c(=O)c1O. The Morgan fingerprint density at radius 2 is 1.87 bits per heavy atom. The van der Waals surface area contributed by atoms with E-state index in [4.69, 9.17) is 0 Å². The van der Waals surface area contributed by atoms with E-state index in [0.717, 1.165) is 19.3 Å². The van der Waals surface area contributed by atoms with Crippen LogP contribution in [0.3, 0.4) is 0 Å². The number of benzene rings is 1. The van der Waals surface area contributed by atoms with Crippen molar-refractivity contribution in [3.63, 3.8) is 0 Å². The third-order valence-corrected chi connectivity index (χ3v) is 4.18. The van der Waals surface area contributed by atoms with E-state index in [-0.39, 0.29) is 6.04 Å². The van der Waals surface area contributed by atoms with Crippen molar-refractivity contribution in [2.75, 3.05) is 0 Å². The van der Waals surface area contributed by atoms with Gasteiger partial charge in [0.25, 0.3) is 11.5 Å². The maximum Gasteiger partial charge on any atom is 0.326 e. The van der Waals surface area contributed by atoms with Crippen molar-refractivity contribution in [2.24, 2.45) is 0 Å². The molecule has 0 unspecified atom stereocenters. The molecule has 7 nitrogen and oxygen atoms in total. The zero-order valence-electron chi connectivity index (χ0n) is 12.3. The number of amides is 1. The molecular formula is C16H17N3O4. The summed E-state index contributed by atoms with van der Waals surface area (Å²) < 4.78 is 0. The van der Waals surface area contributed by atoms with Gasteiger partial charge in [-0.1, -0.05) is 30.3 Å². The van der Waals surface area contributed by atoms with Gasteiger partial charge in [0, 0.05) is 6.04 Å². The van der Waals surface area contributed by atoms with Gasteiger partial charge in [0.15, 0.2) is 5.69 Å². The Bertz CT molecular complexity index is 825. The largest absolute Gasteiger partial charge is 0.501 e. The molecule has 1 saturated carbocycles. The predicted octanol–water partition coefficient (Wildman–Crippen LogP) is 0.835. The minimum atomic E-state index is -0.979. The molecule has 23 heavy (non-hydrogen) atoms. The highest BCUT2D eigenvalue weighted by Crippen LogP contribution is 2.34. The number of aromatic hydroxyl groups is 1. The van der Waals surface area contributed by atoms with Gasteiger partial charge in [0.2, 0.25) is 5.75 Å². The summed E-state index contributed by atoms with van der Waals surface area (Å²) >= 11 is 0. The lowest BCUT2D eigenvalue weighted by molar-refractivity contribution is 0.0928. The standard InChI is InChI=1S/C16H17N3O4/c20-13-12(18-16(23)19-15(13)22)14(21)17-11-7-6-10(8-11)9-4-2-1-3-5-9/h1-5,10-11,20H,6-8H2,(H,17,21)(H2,18,19,22,23)/t10-,11+/m0/s1. The number of nitrogens with one attached hydrogen (secondary N) is 3. The van der Waals surface area contributed by atoms with Gasteiger partial charge >= 0.3 is 5.69 Å². The van der Waals surface area contributed by atoms with Crippen LogP contribution in [0.25, 0.3) is 0 Å². The summed E-state index contributed by atoms with van der Waals surface area (Å²) in [4.78, 5) is 38.8. The number of H-pyrrole nitrogens is 2. The molecule has 4 N–H and O–H groups in total. The van der Waals surface area contributed by atoms with Crippen LogP contribution in [0, 0.1) is 0 Å². The van der Waals surface area contributed by atoms with Crippen LogP contribution in [0.5, 0.6) is 5.75 Å². The Morgan fingerprint density at radius 1 is 1.13 bits per heavy atom. The summed E-state index contributed by atoms with van der Waals surface area (Å²) in [7, 11) is 0. The summed E-state index contributed by atoms with van der Waals surface area (Å²) in [6, 6.07) is 10.0. The molecule has 7 heteroatoms. The molecule has 0 bridgehead atoms. The molecule has 1 amide bonds. The smallest absolute Gasteiger partial charge is 0.326 e. The van der Waals surface area contributed by atoms with Gasteiger partial charge in [-0.05, 0) is 30.7 Å². The molecule has 1 aliphatic rings. The van der Waals surface area contributed by atoms with Crippen LogP contribution in [0.4, 0.5) is 0 Å². The summed E-state index contributed by atoms with van der Waals surface area (Å²) in [6.45, 7) is 0. The Balaban J connectivity index is 1.70. The van der Waals surface area contributed by atoms with Gasteiger partial charge in [-0.25, -0.2) is 4.79 Å². The first-order valence-corrected chi connectivity index (χ1v) is 7.46. The number of rotatable bonds is 3. The third kappa shape index (κ3) is 3.18. The highest BCUT2D eigenvalue weighted by molar-refractivity contribution is 5.94. The van der Waals surface area contributed by atoms with Crippen molar-refractivity contribution in [1.29, 1.82) is 0 Å². The second-order valence-corrected chi connectivity index (χ2v) is 5.72. The van der Waals surface area contributed by atoms with E-state index >= 15 is 0 Å². The van der Waals surface area contributed by atoms with Gasteiger partial charge in [-0.3, -0.25) is 19.6 Å². The Labute approximate surface area is 131 Å². The molecule has 1 aliphatic carbocycles. The minimum Gasteiger partial charge on any atom is -0.501 e. The first kappa shape index (κ1) is 15.1. The molecule has 2 aromatic rings. The van der Waals surface area contributed by atoms with E-state index < -0.39 is 28.6 Å². The monoisotopic (exact) mass is 315 g/mol. The first-order chi connectivity index (χ1) is 11.0. The van der Waals surface area contributed by atoms with Crippen LogP contribution >= 0.6 is 0 Å². The fraction of sp³-hybridized carbons (Fsp3) is 0.312. The van der Waals surface area contributed by atoms with E-state index in [2.05, 4.69) is 22.4 Å². The molecule has 0 spiro atoms. The van der Waals surface area contributed by atoms with E-state index in [9.17, 15) is 19.5 Å². The zero-order valence-corrected chi connectivity index (χ0v) is 12.3. The van der Waals surface area contributed by atoms with Crippen LogP contribution in [0.1, 0.15) is 41.2 Å². The number of carbonyl (C=O) groups excluding carboxylic acids is 1. The second kappa shape index (κ2) is 6.12. The molecule has 1 heterocycles. The molecule has 0 radical (unpaired) electrons. The Hall–Kier alpha value is -2.83. The fourth-order valence-electron chi connectivity index (χ4n) is 3.04. The summed E-state index contributed by atoms with van der Waals surface area (Å²) in [5.74, 6) is -1.06. The van der Waals surface area contributed by atoms with E-state index in [1.807, 2.05) is 23.2 Å². The van der Waals surface area contributed by atoms with Crippen LogP contribution < -0.4 is 16.6 Å². The highest BCUT2D eigenvalue weighted by Gasteiger charge is 2.28. The average Bonchev–Trinajstić information content (AvgIpc) is 3.00. The third-order valence-electron chi connectivity index (χ3n) is 4.18. The molecule has 1 aromatic carbocycles. The summed E-state index contributed by atoms with van der Waals surface area (Å²) in [5, 5.41) is 12.4. The molecule has 0 aliphatic heterocycles. The lowest BCUT2D eigenvalue weighted by atomic mass is 9.98. The Morgan fingerprint density at radius 3 is 2.61 bits per heavy atom. The molecule has 0 saturated heterocycles. The lowest BCUT2D eigenvalue weighted by Gasteiger charge is -2.14.